The molecule has 1 aliphatic heterocycles. The van der Waals surface area contributed by atoms with Gasteiger partial charge in [0.05, 0.1) is 25.2 Å². The van der Waals surface area contributed by atoms with Gasteiger partial charge < -0.3 is 15.0 Å². The zero-order chi connectivity index (χ0) is 21.0. The minimum Gasteiger partial charge on any atom is -0.378 e. The Labute approximate surface area is 172 Å². The minimum atomic E-state index is -3.40. The van der Waals surface area contributed by atoms with Gasteiger partial charge in [0.2, 0.25) is 10.0 Å². The minimum absolute atomic E-state index is 0.233. The largest absolute Gasteiger partial charge is 0.378 e. The Morgan fingerprint density at radius 2 is 1.79 bits per heavy atom. The van der Waals surface area contributed by atoms with Gasteiger partial charge in [0, 0.05) is 37.9 Å². The second kappa shape index (κ2) is 8.84. The van der Waals surface area contributed by atoms with Crippen molar-refractivity contribution in [1.29, 1.82) is 0 Å². The highest BCUT2D eigenvalue weighted by Crippen LogP contribution is 2.24. The molecular formula is C21H27N3O4S. The summed E-state index contributed by atoms with van der Waals surface area (Å²) in [4.78, 5) is 15.0. The van der Waals surface area contributed by atoms with Crippen LogP contribution in [0, 0.1) is 6.92 Å². The molecule has 0 spiro atoms. The molecule has 1 saturated heterocycles. The van der Waals surface area contributed by atoms with Crippen molar-refractivity contribution in [2.45, 2.75) is 13.5 Å². The number of amides is 1. The number of benzene rings is 2. The molecule has 0 bridgehead atoms. The maximum absolute atomic E-state index is 12.7. The van der Waals surface area contributed by atoms with Gasteiger partial charge in [-0.2, -0.15) is 0 Å². The fraction of sp³-hybridized carbons (Fsp3) is 0.381. The molecule has 0 atom stereocenters. The first-order valence-corrected chi connectivity index (χ1v) is 11.4. The molecule has 8 heteroatoms. The standard InChI is InChI=1S/C21H27N3O4S/c1-16-19(5-4-6-20(16)23(2)29(3,26)27)21(25)22-15-17-7-9-18(10-8-17)24-11-13-28-14-12-24/h4-10H,11-15H2,1-3H3,(H,22,25). The van der Waals surface area contributed by atoms with Crippen LogP contribution < -0.4 is 14.5 Å². The molecule has 2 aromatic rings. The summed E-state index contributed by atoms with van der Waals surface area (Å²) in [5.41, 5.74) is 3.73. The fourth-order valence-corrected chi connectivity index (χ4v) is 3.87. The predicted molar refractivity (Wildman–Crippen MR) is 115 cm³/mol. The summed E-state index contributed by atoms with van der Waals surface area (Å²) >= 11 is 0. The number of sulfonamides is 1. The lowest BCUT2D eigenvalue weighted by molar-refractivity contribution is 0.0950. The van der Waals surface area contributed by atoms with Crippen LogP contribution in [0.4, 0.5) is 11.4 Å². The summed E-state index contributed by atoms with van der Waals surface area (Å²) in [6.45, 7) is 5.40. The molecule has 3 rings (SSSR count). The van der Waals surface area contributed by atoms with Crippen LogP contribution in [0.5, 0.6) is 0 Å². The lowest BCUT2D eigenvalue weighted by Crippen LogP contribution is -2.36. The molecule has 1 fully saturated rings. The van der Waals surface area contributed by atoms with Crippen LogP contribution in [0.2, 0.25) is 0 Å². The van der Waals surface area contributed by atoms with E-state index in [0.717, 1.165) is 43.8 Å². The Bertz CT molecular complexity index is 968. The van der Waals surface area contributed by atoms with E-state index in [0.29, 0.717) is 23.4 Å². The molecule has 29 heavy (non-hydrogen) atoms. The van der Waals surface area contributed by atoms with Gasteiger partial charge in [-0.3, -0.25) is 9.10 Å². The van der Waals surface area contributed by atoms with Crippen LogP contribution in [-0.2, 0) is 21.3 Å². The van der Waals surface area contributed by atoms with Crippen LogP contribution in [0.1, 0.15) is 21.5 Å². The van der Waals surface area contributed by atoms with Crippen molar-refractivity contribution in [3.8, 4) is 0 Å². The van der Waals surface area contributed by atoms with Crippen molar-refractivity contribution >= 4 is 27.3 Å². The molecule has 0 radical (unpaired) electrons. The molecular weight excluding hydrogens is 390 g/mol. The number of ether oxygens (including phenoxy) is 1. The van der Waals surface area contributed by atoms with Crippen molar-refractivity contribution in [1.82, 2.24) is 5.32 Å². The van der Waals surface area contributed by atoms with E-state index in [4.69, 9.17) is 4.74 Å². The molecule has 7 nitrogen and oxygen atoms in total. The number of carbonyl (C=O) groups is 1. The zero-order valence-corrected chi connectivity index (χ0v) is 17.8. The van der Waals surface area contributed by atoms with Crippen LogP contribution in [0.25, 0.3) is 0 Å². The van der Waals surface area contributed by atoms with Gasteiger partial charge in [0.1, 0.15) is 0 Å². The van der Waals surface area contributed by atoms with E-state index < -0.39 is 10.0 Å². The van der Waals surface area contributed by atoms with Crippen LogP contribution in [0.3, 0.4) is 0 Å². The van der Waals surface area contributed by atoms with E-state index >= 15 is 0 Å². The summed E-state index contributed by atoms with van der Waals surface area (Å²) in [5.74, 6) is -0.233. The Hall–Kier alpha value is -2.58. The number of carbonyl (C=O) groups excluding carboxylic acids is 1. The van der Waals surface area contributed by atoms with Gasteiger partial charge in [0.25, 0.3) is 5.91 Å². The number of nitrogens with zero attached hydrogens (tertiary/aromatic N) is 2. The third-order valence-corrected chi connectivity index (χ3v) is 6.34. The van der Waals surface area contributed by atoms with Crippen molar-refractivity contribution in [3.63, 3.8) is 0 Å². The highest BCUT2D eigenvalue weighted by atomic mass is 32.2. The van der Waals surface area contributed by atoms with Gasteiger partial charge in [-0.05, 0) is 42.3 Å². The molecule has 1 aliphatic rings. The van der Waals surface area contributed by atoms with E-state index in [-0.39, 0.29) is 5.91 Å². The molecule has 1 heterocycles. The van der Waals surface area contributed by atoms with E-state index in [1.807, 2.05) is 12.1 Å². The number of nitrogens with one attached hydrogen (secondary N) is 1. The lowest BCUT2D eigenvalue weighted by atomic mass is 10.1. The van der Waals surface area contributed by atoms with E-state index in [2.05, 4.69) is 22.3 Å². The average Bonchev–Trinajstić information content (AvgIpc) is 2.72. The molecule has 156 valence electrons. The smallest absolute Gasteiger partial charge is 0.251 e. The molecule has 0 unspecified atom stereocenters. The Morgan fingerprint density at radius 1 is 1.14 bits per heavy atom. The third kappa shape index (κ3) is 5.07. The van der Waals surface area contributed by atoms with E-state index in [9.17, 15) is 13.2 Å². The Kier molecular flexibility index (Phi) is 6.44. The van der Waals surface area contributed by atoms with Crippen LogP contribution in [-0.4, -0.2) is 53.9 Å². The molecule has 0 saturated carbocycles. The van der Waals surface area contributed by atoms with Crippen molar-refractivity contribution in [2.75, 3.05) is 48.8 Å². The number of anilines is 2. The number of rotatable bonds is 6. The molecule has 1 N–H and O–H groups in total. The maximum Gasteiger partial charge on any atom is 0.251 e. The van der Waals surface area contributed by atoms with Gasteiger partial charge in [0.15, 0.2) is 0 Å². The van der Waals surface area contributed by atoms with Gasteiger partial charge in [-0.1, -0.05) is 18.2 Å². The first kappa shape index (κ1) is 21.1. The predicted octanol–water partition coefficient (Wildman–Crippen LogP) is 2.16. The Morgan fingerprint density at radius 3 is 2.41 bits per heavy atom. The lowest BCUT2D eigenvalue weighted by Gasteiger charge is -2.28. The maximum atomic E-state index is 12.7. The fourth-order valence-electron chi connectivity index (χ4n) is 3.31. The summed E-state index contributed by atoms with van der Waals surface area (Å²) in [6, 6.07) is 13.2. The number of morpholine rings is 1. The van der Waals surface area contributed by atoms with Crippen molar-refractivity contribution in [3.05, 3.63) is 59.2 Å². The molecule has 2 aromatic carbocycles. The van der Waals surface area contributed by atoms with Crippen molar-refractivity contribution < 1.29 is 17.9 Å². The average molecular weight is 418 g/mol. The quantitative estimate of drug-likeness (QED) is 0.779. The topological polar surface area (TPSA) is 79.0 Å². The van der Waals surface area contributed by atoms with E-state index in [1.165, 1.54) is 11.4 Å². The summed E-state index contributed by atoms with van der Waals surface area (Å²) in [7, 11) is -1.92. The van der Waals surface area contributed by atoms with Gasteiger partial charge in [-0.15, -0.1) is 0 Å². The molecule has 1 amide bonds. The summed E-state index contributed by atoms with van der Waals surface area (Å²) in [5, 5.41) is 2.92. The SMILES string of the molecule is Cc1c(C(=O)NCc2ccc(N3CCOCC3)cc2)cccc1N(C)S(C)(=O)=O. The monoisotopic (exact) mass is 417 g/mol. The second-order valence-electron chi connectivity index (χ2n) is 7.13. The van der Waals surface area contributed by atoms with Gasteiger partial charge >= 0.3 is 0 Å². The van der Waals surface area contributed by atoms with Crippen LogP contribution >= 0.6 is 0 Å². The van der Waals surface area contributed by atoms with Gasteiger partial charge in [-0.25, -0.2) is 8.42 Å². The van der Waals surface area contributed by atoms with E-state index in [1.54, 1.807) is 25.1 Å². The number of hydrogen-bond donors (Lipinski definition) is 1. The molecule has 0 aliphatic carbocycles. The second-order valence-corrected chi connectivity index (χ2v) is 9.14. The highest BCUT2D eigenvalue weighted by molar-refractivity contribution is 7.92. The normalized spacial score (nSPS) is 14.5. The molecule has 0 aromatic heterocycles. The summed E-state index contributed by atoms with van der Waals surface area (Å²) in [6.07, 6.45) is 1.14. The highest BCUT2D eigenvalue weighted by Gasteiger charge is 2.18. The van der Waals surface area contributed by atoms with Crippen molar-refractivity contribution in [2.24, 2.45) is 0 Å². The van der Waals surface area contributed by atoms with Crippen LogP contribution in [0.15, 0.2) is 42.5 Å². The number of hydrogen-bond acceptors (Lipinski definition) is 5. The Balaban J connectivity index is 1.66. The summed E-state index contributed by atoms with van der Waals surface area (Å²) < 4.78 is 30.2. The zero-order valence-electron chi connectivity index (χ0n) is 17.0. The first-order chi connectivity index (χ1) is 13.8. The third-order valence-electron chi connectivity index (χ3n) is 5.15. The first-order valence-electron chi connectivity index (χ1n) is 9.51.